The topological polar surface area (TPSA) is 52.1 Å². The fraction of sp³-hybridized carbons (Fsp3) is 0.944. The van der Waals surface area contributed by atoms with E-state index < -0.39 is 0 Å². The molecule has 140 valence electrons. The second kappa shape index (κ2) is 10.2. The van der Waals surface area contributed by atoms with Gasteiger partial charge in [-0.25, -0.2) is 0 Å². The summed E-state index contributed by atoms with van der Waals surface area (Å²) in [7, 11) is 4.08. The third-order valence-electron chi connectivity index (χ3n) is 5.50. The van der Waals surface area contributed by atoms with Crippen molar-refractivity contribution in [3.05, 3.63) is 0 Å². The molecule has 0 aromatic rings. The molecular formula is C18H37N5O. The standard InChI is InChI=1S/C18H37N5O/c1-4-24-15-10-20-17(19-2)21-16-18(8-13-22(3)14-9-18)23-11-6-5-7-12-23/h4-16H2,1-3H3,(H2,19,20,21). The Kier molecular flexibility index (Phi) is 8.29. The maximum atomic E-state index is 5.39. The van der Waals surface area contributed by atoms with Crippen LogP contribution in [0, 0.1) is 0 Å². The van der Waals surface area contributed by atoms with Crippen LogP contribution in [0.3, 0.4) is 0 Å². The Morgan fingerprint density at radius 3 is 2.42 bits per heavy atom. The van der Waals surface area contributed by atoms with E-state index in [4.69, 9.17) is 4.74 Å². The van der Waals surface area contributed by atoms with Crippen molar-refractivity contribution in [1.29, 1.82) is 0 Å². The molecule has 0 amide bonds. The van der Waals surface area contributed by atoms with Gasteiger partial charge in [-0.2, -0.15) is 0 Å². The van der Waals surface area contributed by atoms with Crippen molar-refractivity contribution in [2.45, 2.75) is 44.6 Å². The lowest BCUT2D eigenvalue weighted by molar-refractivity contribution is 0.0173. The van der Waals surface area contributed by atoms with E-state index in [1.54, 1.807) is 0 Å². The van der Waals surface area contributed by atoms with Crippen molar-refractivity contribution in [3.8, 4) is 0 Å². The molecule has 0 spiro atoms. The third-order valence-corrected chi connectivity index (χ3v) is 5.50. The van der Waals surface area contributed by atoms with Crippen LogP contribution in [0.2, 0.25) is 0 Å². The number of hydrogen-bond donors (Lipinski definition) is 2. The van der Waals surface area contributed by atoms with Crippen molar-refractivity contribution in [2.75, 3.05) is 66.6 Å². The Morgan fingerprint density at radius 2 is 1.79 bits per heavy atom. The first-order chi connectivity index (χ1) is 11.7. The van der Waals surface area contributed by atoms with Gasteiger partial charge in [0.15, 0.2) is 5.96 Å². The molecule has 2 aliphatic heterocycles. The van der Waals surface area contributed by atoms with Crippen LogP contribution in [0.25, 0.3) is 0 Å². The van der Waals surface area contributed by atoms with Gasteiger partial charge in [0.1, 0.15) is 0 Å². The van der Waals surface area contributed by atoms with E-state index >= 15 is 0 Å². The van der Waals surface area contributed by atoms with E-state index in [2.05, 4.69) is 32.5 Å². The SMILES string of the molecule is CCOCCNC(=NC)NCC1(N2CCCCC2)CCN(C)CC1. The molecular weight excluding hydrogens is 302 g/mol. The van der Waals surface area contributed by atoms with Gasteiger partial charge in [-0.1, -0.05) is 6.42 Å². The number of likely N-dealkylation sites (tertiary alicyclic amines) is 2. The summed E-state index contributed by atoms with van der Waals surface area (Å²) in [5.41, 5.74) is 0.282. The van der Waals surface area contributed by atoms with E-state index in [1.807, 2.05) is 14.0 Å². The maximum absolute atomic E-state index is 5.39. The Bertz CT molecular complexity index is 374. The normalized spacial score (nSPS) is 23.2. The highest BCUT2D eigenvalue weighted by Crippen LogP contribution is 2.30. The fourth-order valence-corrected chi connectivity index (χ4v) is 3.86. The molecule has 6 heteroatoms. The minimum atomic E-state index is 0.282. The van der Waals surface area contributed by atoms with Crippen LogP contribution in [0.4, 0.5) is 0 Å². The summed E-state index contributed by atoms with van der Waals surface area (Å²) in [5.74, 6) is 0.894. The molecule has 0 aromatic heterocycles. The fourth-order valence-electron chi connectivity index (χ4n) is 3.86. The molecule has 0 unspecified atom stereocenters. The minimum absolute atomic E-state index is 0.282. The average molecular weight is 340 g/mol. The van der Waals surface area contributed by atoms with Gasteiger partial charge in [-0.05, 0) is 65.8 Å². The van der Waals surface area contributed by atoms with Crippen molar-refractivity contribution in [1.82, 2.24) is 20.4 Å². The average Bonchev–Trinajstić information content (AvgIpc) is 2.63. The van der Waals surface area contributed by atoms with Gasteiger partial charge in [0.05, 0.1) is 6.61 Å². The Labute approximate surface area is 148 Å². The smallest absolute Gasteiger partial charge is 0.191 e. The number of guanidine groups is 1. The molecule has 2 rings (SSSR count). The third kappa shape index (κ3) is 5.60. The molecule has 0 aliphatic carbocycles. The summed E-state index contributed by atoms with van der Waals surface area (Å²) in [4.78, 5) is 9.58. The van der Waals surface area contributed by atoms with Gasteiger partial charge in [0.25, 0.3) is 0 Å². The molecule has 2 saturated heterocycles. The van der Waals surface area contributed by atoms with Gasteiger partial charge < -0.3 is 20.3 Å². The van der Waals surface area contributed by atoms with Crippen LogP contribution in [0.5, 0.6) is 0 Å². The molecule has 6 nitrogen and oxygen atoms in total. The molecule has 2 aliphatic rings. The maximum Gasteiger partial charge on any atom is 0.191 e. The summed E-state index contributed by atoms with van der Waals surface area (Å²) in [5, 5.41) is 6.95. The van der Waals surface area contributed by atoms with Gasteiger partial charge in [-0.3, -0.25) is 9.89 Å². The Hall–Kier alpha value is -0.850. The lowest BCUT2D eigenvalue weighted by Gasteiger charge is -2.50. The second-order valence-electron chi connectivity index (χ2n) is 7.12. The van der Waals surface area contributed by atoms with Crippen molar-refractivity contribution < 1.29 is 4.74 Å². The van der Waals surface area contributed by atoms with Crippen LogP contribution in [-0.2, 0) is 4.74 Å². The molecule has 24 heavy (non-hydrogen) atoms. The zero-order valence-corrected chi connectivity index (χ0v) is 15.9. The van der Waals surface area contributed by atoms with Gasteiger partial charge >= 0.3 is 0 Å². The van der Waals surface area contributed by atoms with Crippen molar-refractivity contribution in [2.24, 2.45) is 4.99 Å². The molecule has 0 saturated carbocycles. The predicted molar refractivity (Wildman–Crippen MR) is 101 cm³/mol. The first kappa shape index (κ1) is 19.5. The number of rotatable bonds is 7. The molecule has 0 radical (unpaired) electrons. The second-order valence-corrected chi connectivity index (χ2v) is 7.12. The zero-order chi connectivity index (χ0) is 17.3. The Morgan fingerprint density at radius 1 is 1.08 bits per heavy atom. The largest absolute Gasteiger partial charge is 0.380 e. The number of hydrogen-bond acceptors (Lipinski definition) is 4. The highest BCUT2D eigenvalue weighted by molar-refractivity contribution is 5.79. The summed E-state index contributed by atoms with van der Waals surface area (Å²) in [6.45, 7) is 10.2. The van der Waals surface area contributed by atoms with Crippen LogP contribution in [0.1, 0.15) is 39.0 Å². The molecule has 0 bridgehead atoms. The van der Waals surface area contributed by atoms with E-state index in [-0.39, 0.29) is 5.54 Å². The molecule has 2 fully saturated rings. The number of aliphatic imine (C=N–C) groups is 1. The first-order valence-corrected chi connectivity index (χ1v) is 9.66. The number of ether oxygens (including phenoxy) is 1. The summed E-state index contributed by atoms with van der Waals surface area (Å²) in [6.07, 6.45) is 6.57. The summed E-state index contributed by atoms with van der Waals surface area (Å²) >= 11 is 0. The number of piperidine rings is 2. The highest BCUT2D eigenvalue weighted by atomic mass is 16.5. The van der Waals surface area contributed by atoms with Crippen molar-refractivity contribution >= 4 is 5.96 Å². The van der Waals surface area contributed by atoms with Gasteiger partial charge in [0, 0.05) is 32.3 Å². The predicted octanol–water partition coefficient (Wildman–Crippen LogP) is 1.14. The van der Waals surface area contributed by atoms with Crippen LogP contribution >= 0.6 is 0 Å². The Balaban J connectivity index is 1.90. The first-order valence-electron chi connectivity index (χ1n) is 9.66. The van der Waals surface area contributed by atoms with Crippen molar-refractivity contribution in [3.63, 3.8) is 0 Å². The van der Waals surface area contributed by atoms with Crippen LogP contribution in [0.15, 0.2) is 4.99 Å². The number of nitrogens with zero attached hydrogens (tertiary/aromatic N) is 3. The number of nitrogens with one attached hydrogen (secondary N) is 2. The van der Waals surface area contributed by atoms with Crippen LogP contribution < -0.4 is 10.6 Å². The monoisotopic (exact) mass is 339 g/mol. The summed E-state index contributed by atoms with van der Waals surface area (Å²) < 4.78 is 5.39. The van der Waals surface area contributed by atoms with E-state index in [9.17, 15) is 0 Å². The zero-order valence-electron chi connectivity index (χ0n) is 15.9. The summed E-state index contributed by atoms with van der Waals surface area (Å²) in [6, 6.07) is 0. The highest BCUT2D eigenvalue weighted by Gasteiger charge is 2.39. The lowest BCUT2D eigenvalue weighted by atomic mass is 9.84. The van der Waals surface area contributed by atoms with Gasteiger partial charge in [-0.15, -0.1) is 0 Å². The van der Waals surface area contributed by atoms with E-state index in [1.165, 1.54) is 58.3 Å². The molecule has 2 N–H and O–H groups in total. The molecule has 0 aromatic carbocycles. The minimum Gasteiger partial charge on any atom is -0.380 e. The molecule has 0 atom stereocenters. The quantitative estimate of drug-likeness (QED) is 0.414. The van der Waals surface area contributed by atoms with E-state index in [0.29, 0.717) is 0 Å². The van der Waals surface area contributed by atoms with Crippen LogP contribution in [-0.4, -0.2) is 87.9 Å². The van der Waals surface area contributed by atoms with Gasteiger partial charge in [0.2, 0.25) is 0 Å². The van der Waals surface area contributed by atoms with E-state index in [0.717, 1.165) is 32.3 Å². The lowest BCUT2D eigenvalue weighted by Crippen LogP contribution is -2.62. The molecule has 2 heterocycles.